The molecule has 0 aliphatic carbocycles. The van der Waals surface area contributed by atoms with Gasteiger partial charge in [0.05, 0.1) is 31.1 Å². The number of carbonyl (C=O) groups excluding carboxylic acids is 2. The summed E-state index contributed by atoms with van der Waals surface area (Å²) in [5.41, 5.74) is 0.518. The summed E-state index contributed by atoms with van der Waals surface area (Å²) in [6, 6.07) is 5.28. The number of ether oxygens (including phenoxy) is 2. The lowest BCUT2D eigenvalue weighted by atomic mass is 9.92. The van der Waals surface area contributed by atoms with E-state index in [2.05, 4.69) is 15.9 Å². The van der Waals surface area contributed by atoms with Crippen molar-refractivity contribution in [3.05, 3.63) is 28.2 Å². The Labute approximate surface area is 113 Å². The second-order valence-electron chi connectivity index (χ2n) is 4.02. The Morgan fingerprint density at radius 3 is 3.06 bits per heavy atom. The van der Waals surface area contributed by atoms with Gasteiger partial charge >= 0.3 is 5.97 Å². The minimum atomic E-state index is -0.453. The summed E-state index contributed by atoms with van der Waals surface area (Å²) in [5, 5.41) is 0. The van der Waals surface area contributed by atoms with Crippen molar-refractivity contribution in [3.8, 4) is 5.75 Å². The minimum absolute atomic E-state index is 0.0643. The normalized spacial score (nSPS) is 17.9. The summed E-state index contributed by atoms with van der Waals surface area (Å²) in [6.07, 6.45) is 0.0681. The van der Waals surface area contributed by atoms with Crippen LogP contribution in [0.15, 0.2) is 22.7 Å². The summed E-state index contributed by atoms with van der Waals surface area (Å²) in [6.45, 7) is 2.29. The first kappa shape index (κ1) is 13.1. The summed E-state index contributed by atoms with van der Waals surface area (Å²) >= 11 is 3.31. The topological polar surface area (TPSA) is 52.6 Å². The zero-order valence-electron chi connectivity index (χ0n) is 9.94. The number of esters is 1. The van der Waals surface area contributed by atoms with Crippen LogP contribution in [0.3, 0.4) is 0 Å². The molecular formula is C13H13BrO4. The number of fused-ring (bicyclic) bond motifs is 1. The van der Waals surface area contributed by atoms with E-state index in [-0.39, 0.29) is 24.8 Å². The summed E-state index contributed by atoms with van der Waals surface area (Å²) < 4.78 is 11.2. The van der Waals surface area contributed by atoms with Gasteiger partial charge in [0.1, 0.15) is 5.75 Å². The number of rotatable bonds is 3. The Morgan fingerprint density at radius 2 is 2.33 bits per heavy atom. The zero-order chi connectivity index (χ0) is 13.1. The maximum absolute atomic E-state index is 12.2. The molecule has 0 saturated heterocycles. The van der Waals surface area contributed by atoms with Crippen LogP contribution < -0.4 is 4.74 Å². The molecule has 1 heterocycles. The molecule has 5 heteroatoms. The molecule has 4 nitrogen and oxygen atoms in total. The Bertz CT molecular complexity index is 484. The monoisotopic (exact) mass is 312 g/mol. The average molecular weight is 313 g/mol. The number of benzene rings is 1. The Kier molecular flexibility index (Phi) is 4.01. The molecule has 96 valence electrons. The van der Waals surface area contributed by atoms with E-state index < -0.39 is 5.92 Å². The van der Waals surface area contributed by atoms with Crippen LogP contribution in [0.2, 0.25) is 0 Å². The second kappa shape index (κ2) is 5.52. The van der Waals surface area contributed by atoms with Crippen molar-refractivity contribution in [2.24, 2.45) is 5.92 Å². The predicted molar refractivity (Wildman–Crippen MR) is 68.7 cm³/mol. The number of hydrogen-bond acceptors (Lipinski definition) is 4. The molecule has 0 aromatic heterocycles. The Balaban J connectivity index is 2.15. The fraction of sp³-hybridized carbons (Fsp3) is 0.385. The Hall–Kier alpha value is -1.36. The van der Waals surface area contributed by atoms with Gasteiger partial charge in [0, 0.05) is 4.47 Å². The van der Waals surface area contributed by atoms with Gasteiger partial charge in [-0.25, -0.2) is 0 Å². The SMILES string of the molecule is CCOC(=O)C[C@@H]1COc2ccc(Br)cc2C1=O. The van der Waals surface area contributed by atoms with E-state index in [1.807, 2.05) is 6.07 Å². The molecule has 18 heavy (non-hydrogen) atoms. The smallest absolute Gasteiger partial charge is 0.306 e. The fourth-order valence-electron chi connectivity index (χ4n) is 1.88. The number of carbonyl (C=O) groups is 2. The molecule has 0 spiro atoms. The molecular weight excluding hydrogens is 300 g/mol. The molecule has 1 aromatic carbocycles. The van der Waals surface area contributed by atoms with Gasteiger partial charge in [0.25, 0.3) is 0 Å². The maximum atomic E-state index is 12.2. The van der Waals surface area contributed by atoms with Crippen molar-refractivity contribution >= 4 is 27.7 Å². The molecule has 0 bridgehead atoms. The van der Waals surface area contributed by atoms with E-state index in [1.165, 1.54) is 0 Å². The number of halogens is 1. The van der Waals surface area contributed by atoms with Crippen LogP contribution in [-0.2, 0) is 9.53 Å². The molecule has 1 aliphatic heterocycles. The van der Waals surface area contributed by atoms with E-state index in [0.717, 1.165) is 4.47 Å². The molecule has 0 unspecified atom stereocenters. The van der Waals surface area contributed by atoms with Crippen LogP contribution in [0, 0.1) is 5.92 Å². The standard InChI is InChI=1S/C13H13BrO4/c1-2-17-12(15)5-8-7-18-11-4-3-9(14)6-10(11)13(8)16/h3-4,6,8H,2,5,7H2,1H3/t8-/m1/s1. The number of hydrogen-bond donors (Lipinski definition) is 0. The van der Waals surface area contributed by atoms with Crippen LogP contribution in [0.25, 0.3) is 0 Å². The molecule has 0 radical (unpaired) electrons. The van der Waals surface area contributed by atoms with Crippen LogP contribution in [0.1, 0.15) is 23.7 Å². The van der Waals surface area contributed by atoms with E-state index in [9.17, 15) is 9.59 Å². The van der Waals surface area contributed by atoms with Crippen molar-refractivity contribution in [3.63, 3.8) is 0 Å². The van der Waals surface area contributed by atoms with Crippen LogP contribution in [0.4, 0.5) is 0 Å². The van der Waals surface area contributed by atoms with Gasteiger partial charge in [0.15, 0.2) is 5.78 Å². The molecule has 0 saturated carbocycles. The van der Waals surface area contributed by atoms with E-state index in [1.54, 1.807) is 19.1 Å². The van der Waals surface area contributed by atoms with Gasteiger partial charge in [-0.1, -0.05) is 15.9 Å². The molecule has 0 amide bonds. The summed E-state index contributed by atoms with van der Waals surface area (Å²) in [7, 11) is 0. The van der Waals surface area contributed by atoms with Crippen LogP contribution >= 0.6 is 15.9 Å². The first-order valence-corrected chi connectivity index (χ1v) is 6.53. The van der Waals surface area contributed by atoms with Gasteiger partial charge in [-0.15, -0.1) is 0 Å². The van der Waals surface area contributed by atoms with Gasteiger partial charge in [-0.2, -0.15) is 0 Å². The van der Waals surface area contributed by atoms with Crippen molar-refractivity contribution < 1.29 is 19.1 Å². The first-order chi connectivity index (χ1) is 8.61. The summed E-state index contributed by atoms with van der Waals surface area (Å²) in [4.78, 5) is 23.6. The first-order valence-electron chi connectivity index (χ1n) is 5.74. The maximum Gasteiger partial charge on any atom is 0.306 e. The lowest BCUT2D eigenvalue weighted by Gasteiger charge is -2.23. The largest absolute Gasteiger partial charge is 0.492 e. The molecule has 0 N–H and O–H groups in total. The zero-order valence-corrected chi connectivity index (χ0v) is 11.5. The van der Waals surface area contributed by atoms with Gasteiger partial charge < -0.3 is 9.47 Å². The molecule has 2 rings (SSSR count). The van der Waals surface area contributed by atoms with E-state index in [0.29, 0.717) is 17.9 Å². The van der Waals surface area contributed by atoms with Gasteiger partial charge in [0.2, 0.25) is 0 Å². The third-order valence-electron chi connectivity index (χ3n) is 2.74. The van der Waals surface area contributed by atoms with E-state index >= 15 is 0 Å². The number of ketones is 1. The van der Waals surface area contributed by atoms with Gasteiger partial charge in [-0.3, -0.25) is 9.59 Å². The third-order valence-corrected chi connectivity index (χ3v) is 3.23. The van der Waals surface area contributed by atoms with Crippen molar-refractivity contribution in [1.82, 2.24) is 0 Å². The predicted octanol–water partition coefficient (Wildman–Crippen LogP) is 2.59. The quantitative estimate of drug-likeness (QED) is 0.805. The Morgan fingerprint density at radius 1 is 1.56 bits per heavy atom. The molecule has 0 fully saturated rings. The van der Waals surface area contributed by atoms with Crippen LogP contribution in [-0.4, -0.2) is 25.0 Å². The average Bonchev–Trinajstić information content (AvgIpc) is 2.34. The second-order valence-corrected chi connectivity index (χ2v) is 4.94. The molecule has 1 aliphatic rings. The van der Waals surface area contributed by atoms with Gasteiger partial charge in [-0.05, 0) is 25.1 Å². The lowest BCUT2D eigenvalue weighted by Crippen LogP contribution is -2.30. The number of Topliss-reactive ketones (excluding diaryl/α,β-unsaturated/α-hetero) is 1. The lowest BCUT2D eigenvalue weighted by molar-refractivity contribution is -0.144. The van der Waals surface area contributed by atoms with Crippen molar-refractivity contribution in [1.29, 1.82) is 0 Å². The highest BCUT2D eigenvalue weighted by atomic mass is 79.9. The van der Waals surface area contributed by atoms with Crippen molar-refractivity contribution in [2.45, 2.75) is 13.3 Å². The van der Waals surface area contributed by atoms with Crippen LogP contribution in [0.5, 0.6) is 5.75 Å². The highest BCUT2D eigenvalue weighted by Crippen LogP contribution is 2.31. The fourth-order valence-corrected chi connectivity index (χ4v) is 2.24. The highest BCUT2D eigenvalue weighted by Gasteiger charge is 2.31. The molecule has 1 aromatic rings. The summed E-state index contributed by atoms with van der Waals surface area (Å²) in [5.74, 6) is -0.308. The minimum Gasteiger partial charge on any atom is -0.492 e. The third kappa shape index (κ3) is 2.72. The highest BCUT2D eigenvalue weighted by molar-refractivity contribution is 9.10. The molecule has 1 atom stereocenters. The van der Waals surface area contributed by atoms with Crippen molar-refractivity contribution in [2.75, 3.05) is 13.2 Å². The van der Waals surface area contributed by atoms with E-state index in [4.69, 9.17) is 9.47 Å².